The molecule has 1 aliphatic rings. The minimum absolute atomic E-state index is 0.0800. The minimum Gasteiger partial charge on any atom is -0.338 e. The Morgan fingerprint density at radius 2 is 1.89 bits per heavy atom. The molecule has 3 nitrogen and oxygen atoms in total. The van der Waals surface area contributed by atoms with Crippen LogP contribution in [-0.2, 0) is 16.1 Å². The Morgan fingerprint density at radius 3 is 2.61 bits per heavy atom. The molecule has 0 bridgehead atoms. The molecule has 1 atom stereocenters. The number of ketones is 1. The largest absolute Gasteiger partial charge is 0.338 e. The molecule has 1 unspecified atom stereocenters. The molecule has 1 heterocycles. The summed E-state index contributed by atoms with van der Waals surface area (Å²) in [7, 11) is 0. The van der Waals surface area contributed by atoms with E-state index < -0.39 is 0 Å². The van der Waals surface area contributed by atoms with Crippen LogP contribution in [0.25, 0.3) is 0 Å². The highest BCUT2D eigenvalue weighted by molar-refractivity contribution is 5.87. The molecule has 1 aliphatic heterocycles. The minimum atomic E-state index is 0.0800. The van der Waals surface area contributed by atoms with Crippen LogP contribution in [0.2, 0.25) is 0 Å². The maximum atomic E-state index is 12.0. The van der Waals surface area contributed by atoms with Gasteiger partial charge in [0.1, 0.15) is 5.78 Å². The molecular formula is C15H19NO2. The summed E-state index contributed by atoms with van der Waals surface area (Å²) in [6, 6.07) is 9.99. The average molecular weight is 245 g/mol. The summed E-state index contributed by atoms with van der Waals surface area (Å²) >= 11 is 0. The van der Waals surface area contributed by atoms with Crippen LogP contribution in [0.4, 0.5) is 0 Å². The third kappa shape index (κ3) is 3.19. The SMILES string of the molecule is CC1CCN(Cc2ccccc2)C(=O)CCC1=O. The highest BCUT2D eigenvalue weighted by Gasteiger charge is 2.23. The van der Waals surface area contributed by atoms with Crippen molar-refractivity contribution < 1.29 is 9.59 Å². The summed E-state index contributed by atoms with van der Waals surface area (Å²) in [5, 5.41) is 0. The summed E-state index contributed by atoms with van der Waals surface area (Å²) in [4.78, 5) is 25.5. The van der Waals surface area contributed by atoms with Gasteiger partial charge in [-0.05, 0) is 12.0 Å². The molecule has 3 heteroatoms. The van der Waals surface area contributed by atoms with Crippen molar-refractivity contribution in [2.75, 3.05) is 6.54 Å². The van der Waals surface area contributed by atoms with Gasteiger partial charge in [0.25, 0.3) is 0 Å². The maximum absolute atomic E-state index is 12.0. The molecule has 1 amide bonds. The van der Waals surface area contributed by atoms with Gasteiger partial charge in [0.2, 0.25) is 5.91 Å². The Morgan fingerprint density at radius 1 is 1.17 bits per heavy atom. The van der Waals surface area contributed by atoms with Crippen LogP contribution in [0.5, 0.6) is 0 Å². The number of carbonyl (C=O) groups excluding carboxylic acids is 2. The van der Waals surface area contributed by atoms with Crippen molar-refractivity contribution in [2.45, 2.75) is 32.7 Å². The zero-order valence-corrected chi connectivity index (χ0v) is 10.8. The molecule has 1 aromatic carbocycles. The summed E-state index contributed by atoms with van der Waals surface area (Å²) in [6.45, 7) is 3.29. The number of likely N-dealkylation sites (tertiary alicyclic amines) is 1. The van der Waals surface area contributed by atoms with Crippen molar-refractivity contribution in [3.63, 3.8) is 0 Å². The lowest BCUT2D eigenvalue weighted by molar-refractivity contribution is -0.136. The van der Waals surface area contributed by atoms with E-state index in [9.17, 15) is 9.59 Å². The van der Waals surface area contributed by atoms with E-state index >= 15 is 0 Å². The fourth-order valence-electron chi connectivity index (χ4n) is 2.24. The molecule has 18 heavy (non-hydrogen) atoms. The Balaban J connectivity index is 2.03. The number of amides is 1. The first-order valence-corrected chi connectivity index (χ1v) is 6.51. The molecule has 96 valence electrons. The lowest BCUT2D eigenvalue weighted by atomic mass is 9.96. The fourth-order valence-corrected chi connectivity index (χ4v) is 2.24. The standard InChI is InChI=1S/C15H19NO2/c1-12-9-10-16(15(18)8-7-14(12)17)11-13-5-3-2-4-6-13/h2-6,12H,7-11H2,1H3. The number of carbonyl (C=O) groups is 2. The number of Topliss-reactive ketones (excluding diaryl/α,β-unsaturated/α-hetero) is 1. The van der Waals surface area contributed by atoms with Crippen molar-refractivity contribution in [1.82, 2.24) is 4.90 Å². The fraction of sp³-hybridized carbons (Fsp3) is 0.467. The number of hydrogen-bond donors (Lipinski definition) is 0. The second-order valence-electron chi connectivity index (χ2n) is 4.96. The maximum Gasteiger partial charge on any atom is 0.223 e. The van der Waals surface area contributed by atoms with Crippen molar-refractivity contribution in [3.05, 3.63) is 35.9 Å². The molecular weight excluding hydrogens is 226 g/mol. The van der Waals surface area contributed by atoms with E-state index in [1.54, 1.807) is 0 Å². The Kier molecular flexibility index (Phi) is 4.13. The van der Waals surface area contributed by atoms with E-state index in [0.29, 0.717) is 25.9 Å². The molecule has 1 fully saturated rings. The van der Waals surface area contributed by atoms with Crippen LogP contribution < -0.4 is 0 Å². The van der Waals surface area contributed by atoms with Crippen LogP contribution in [-0.4, -0.2) is 23.1 Å². The van der Waals surface area contributed by atoms with Gasteiger partial charge in [0, 0.05) is 31.8 Å². The number of hydrogen-bond acceptors (Lipinski definition) is 2. The average Bonchev–Trinajstić information content (AvgIpc) is 2.40. The molecule has 0 aromatic heterocycles. The molecule has 0 radical (unpaired) electrons. The first-order chi connectivity index (χ1) is 8.66. The highest BCUT2D eigenvalue weighted by Crippen LogP contribution is 2.16. The van der Waals surface area contributed by atoms with Crippen molar-refractivity contribution in [2.24, 2.45) is 5.92 Å². The van der Waals surface area contributed by atoms with Crippen LogP contribution in [0.3, 0.4) is 0 Å². The van der Waals surface area contributed by atoms with Gasteiger partial charge >= 0.3 is 0 Å². The second-order valence-corrected chi connectivity index (χ2v) is 4.96. The van der Waals surface area contributed by atoms with Crippen molar-refractivity contribution >= 4 is 11.7 Å². The van der Waals surface area contributed by atoms with Gasteiger partial charge < -0.3 is 4.90 Å². The number of nitrogens with zero attached hydrogens (tertiary/aromatic N) is 1. The van der Waals surface area contributed by atoms with E-state index in [1.165, 1.54) is 0 Å². The van der Waals surface area contributed by atoms with Crippen molar-refractivity contribution in [3.8, 4) is 0 Å². The molecule has 0 saturated carbocycles. The van der Waals surface area contributed by atoms with E-state index in [4.69, 9.17) is 0 Å². The molecule has 2 rings (SSSR count). The molecule has 1 saturated heterocycles. The molecule has 0 aliphatic carbocycles. The predicted molar refractivity (Wildman–Crippen MR) is 69.9 cm³/mol. The Bertz CT molecular complexity index is 427. The lowest BCUT2D eigenvalue weighted by Crippen LogP contribution is -2.35. The quantitative estimate of drug-likeness (QED) is 0.802. The van der Waals surface area contributed by atoms with E-state index in [1.807, 2.05) is 42.2 Å². The third-order valence-corrected chi connectivity index (χ3v) is 3.54. The van der Waals surface area contributed by atoms with E-state index in [2.05, 4.69) is 0 Å². The zero-order valence-electron chi connectivity index (χ0n) is 10.8. The topological polar surface area (TPSA) is 37.4 Å². The zero-order chi connectivity index (χ0) is 13.0. The summed E-state index contributed by atoms with van der Waals surface area (Å²) < 4.78 is 0. The van der Waals surface area contributed by atoms with Crippen LogP contribution in [0.1, 0.15) is 31.7 Å². The third-order valence-electron chi connectivity index (χ3n) is 3.54. The number of benzene rings is 1. The molecule has 0 spiro atoms. The van der Waals surface area contributed by atoms with Gasteiger partial charge in [0.15, 0.2) is 0 Å². The van der Waals surface area contributed by atoms with E-state index in [0.717, 1.165) is 12.0 Å². The summed E-state index contributed by atoms with van der Waals surface area (Å²) in [6.07, 6.45) is 1.53. The second kappa shape index (κ2) is 5.80. The van der Waals surface area contributed by atoms with Gasteiger partial charge in [-0.1, -0.05) is 37.3 Å². The lowest BCUT2D eigenvalue weighted by Gasteiger charge is -2.26. The summed E-state index contributed by atoms with van der Waals surface area (Å²) in [5.74, 6) is 0.401. The first kappa shape index (κ1) is 12.8. The Labute approximate surface area is 108 Å². The van der Waals surface area contributed by atoms with Gasteiger partial charge in [-0.25, -0.2) is 0 Å². The molecule has 1 aromatic rings. The normalized spacial score (nSPS) is 21.6. The summed E-state index contributed by atoms with van der Waals surface area (Å²) in [5.41, 5.74) is 1.14. The Hall–Kier alpha value is -1.64. The van der Waals surface area contributed by atoms with Crippen LogP contribution in [0.15, 0.2) is 30.3 Å². The van der Waals surface area contributed by atoms with Gasteiger partial charge in [-0.2, -0.15) is 0 Å². The van der Waals surface area contributed by atoms with Gasteiger partial charge in [-0.3, -0.25) is 9.59 Å². The smallest absolute Gasteiger partial charge is 0.223 e. The van der Waals surface area contributed by atoms with Crippen molar-refractivity contribution in [1.29, 1.82) is 0 Å². The first-order valence-electron chi connectivity index (χ1n) is 6.51. The highest BCUT2D eigenvalue weighted by atomic mass is 16.2. The van der Waals surface area contributed by atoms with Crippen LogP contribution in [0, 0.1) is 5.92 Å². The van der Waals surface area contributed by atoms with Crippen LogP contribution >= 0.6 is 0 Å². The van der Waals surface area contributed by atoms with E-state index in [-0.39, 0.29) is 17.6 Å². The van der Waals surface area contributed by atoms with Gasteiger partial charge in [0.05, 0.1) is 0 Å². The monoisotopic (exact) mass is 245 g/mol. The molecule has 0 N–H and O–H groups in total. The number of rotatable bonds is 2. The predicted octanol–water partition coefficient (Wildman–Crippen LogP) is 2.40. The van der Waals surface area contributed by atoms with Gasteiger partial charge in [-0.15, -0.1) is 0 Å².